The Morgan fingerprint density at radius 2 is 1.96 bits per heavy atom. The van der Waals surface area contributed by atoms with E-state index in [4.69, 9.17) is 0 Å². The van der Waals surface area contributed by atoms with E-state index in [1.54, 1.807) is 24.2 Å². The van der Waals surface area contributed by atoms with E-state index in [0.29, 0.717) is 6.54 Å². The summed E-state index contributed by atoms with van der Waals surface area (Å²) in [5.74, 6) is 1.75. The number of aryl methyl sites for hydroxylation is 1. The largest absolute Gasteiger partial charge is 0.298 e. The Morgan fingerprint density at radius 3 is 2.70 bits per heavy atom. The molecular formula is C17H17N5S. The number of thioether (sulfide) groups is 1. The molecule has 0 bridgehead atoms. The van der Waals surface area contributed by atoms with E-state index in [-0.39, 0.29) is 0 Å². The lowest BCUT2D eigenvalue weighted by molar-refractivity contribution is 0.730. The van der Waals surface area contributed by atoms with Gasteiger partial charge in [0.05, 0.1) is 0 Å². The van der Waals surface area contributed by atoms with Crippen LogP contribution in [0.1, 0.15) is 5.69 Å². The molecule has 0 amide bonds. The first-order valence-corrected chi connectivity index (χ1v) is 8.34. The molecule has 6 heteroatoms. The van der Waals surface area contributed by atoms with Crippen molar-refractivity contribution in [3.05, 3.63) is 67.3 Å². The number of hydrogen-bond donors (Lipinski definition) is 0. The standard InChI is InChI=1S/C17H17N5S/c1-2-12-22-16(14-6-10-18-11-7-14)20-21-17(22)23-13-8-15-5-3-4-9-19-15/h2-7,9-11H,1,8,12-13H2. The fourth-order valence-electron chi connectivity index (χ4n) is 2.20. The maximum absolute atomic E-state index is 4.34. The van der Waals surface area contributed by atoms with Crippen molar-refractivity contribution >= 4 is 11.8 Å². The third-order valence-electron chi connectivity index (χ3n) is 3.28. The second-order valence-electron chi connectivity index (χ2n) is 4.86. The summed E-state index contributed by atoms with van der Waals surface area (Å²) >= 11 is 1.68. The molecule has 3 aromatic heterocycles. The van der Waals surface area contributed by atoms with E-state index in [1.165, 1.54) is 0 Å². The van der Waals surface area contributed by atoms with Crippen LogP contribution in [0.2, 0.25) is 0 Å². The zero-order valence-electron chi connectivity index (χ0n) is 12.7. The zero-order valence-corrected chi connectivity index (χ0v) is 13.5. The maximum Gasteiger partial charge on any atom is 0.191 e. The zero-order chi connectivity index (χ0) is 15.9. The van der Waals surface area contributed by atoms with E-state index in [0.717, 1.165) is 34.4 Å². The molecule has 0 saturated heterocycles. The summed E-state index contributed by atoms with van der Waals surface area (Å²) < 4.78 is 2.07. The van der Waals surface area contributed by atoms with Crippen LogP contribution in [0.3, 0.4) is 0 Å². The Morgan fingerprint density at radius 1 is 1.09 bits per heavy atom. The number of rotatable bonds is 7. The fourth-order valence-corrected chi connectivity index (χ4v) is 3.11. The summed E-state index contributed by atoms with van der Waals surface area (Å²) in [6, 6.07) is 9.85. The lowest BCUT2D eigenvalue weighted by Gasteiger charge is -2.07. The first kappa shape index (κ1) is 15.4. The van der Waals surface area contributed by atoms with Gasteiger partial charge in [0, 0.05) is 42.1 Å². The molecule has 0 spiro atoms. The lowest BCUT2D eigenvalue weighted by Crippen LogP contribution is -2.01. The molecule has 0 atom stereocenters. The van der Waals surface area contributed by atoms with Crippen LogP contribution in [-0.4, -0.2) is 30.5 Å². The fraction of sp³-hybridized carbons (Fsp3) is 0.176. The average molecular weight is 323 g/mol. The summed E-state index contributed by atoms with van der Waals surface area (Å²) in [6.07, 6.45) is 8.10. The third kappa shape index (κ3) is 3.84. The molecule has 0 aromatic carbocycles. The summed E-state index contributed by atoms with van der Waals surface area (Å²) in [5.41, 5.74) is 2.09. The SMILES string of the molecule is C=CCn1c(SCCc2ccccn2)nnc1-c1ccncc1. The Labute approximate surface area is 139 Å². The predicted octanol–water partition coefficient (Wildman–Crippen LogP) is 3.26. The van der Waals surface area contributed by atoms with Crippen LogP contribution in [-0.2, 0) is 13.0 Å². The van der Waals surface area contributed by atoms with Crippen molar-refractivity contribution in [1.29, 1.82) is 0 Å². The van der Waals surface area contributed by atoms with Crippen molar-refractivity contribution in [2.24, 2.45) is 0 Å². The van der Waals surface area contributed by atoms with Crippen LogP contribution in [0.15, 0.2) is 66.7 Å². The predicted molar refractivity (Wildman–Crippen MR) is 92.1 cm³/mol. The summed E-state index contributed by atoms with van der Waals surface area (Å²) in [5, 5.41) is 9.56. The van der Waals surface area contributed by atoms with Crippen LogP contribution in [0.5, 0.6) is 0 Å². The van der Waals surface area contributed by atoms with Gasteiger partial charge in [0.25, 0.3) is 0 Å². The number of allylic oxidation sites excluding steroid dienone is 1. The maximum atomic E-state index is 4.34. The Bertz CT molecular complexity index is 755. The smallest absolute Gasteiger partial charge is 0.191 e. The van der Waals surface area contributed by atoms with Gasteiger partial charge in [-0.15, -0.1) is 16.8 Å². The second kappa shape index (κ2) is 7.69. The Kier molecular flexibility index (Phi) is 5.16. The van der Waals surface area contributed by atoms with Crippen molar-refractivity contribution in [2.75, 3.05) is 5.75 Å². The summed E-state index contributed by atoms with van der Waals surface area (Å²) in [4.78, 5) is 8.39. The molecule has 3 aromatic rings. The van der Waals surface area contributed by atoms with Gasteiger partial charge in [-0.25, -0.2) is 0 Å². The van der Waals surface area contributed by atoms with Gasteiger partial charge in [-0.2, -0.15) is 0 Å². The quantitative estimate of drug-likeness (QED) is 0.493. The van der Waals surface area contributed by atoms with Crippen molar-refractivity contribution in [3.8, 4) is 11.4 Å². The highest BCUT2D eigenvalue weighted by Gasteiger charge is 2.13. The molecule has 3 rings (SSSR count). The monoisotopic (exact) mass is 323 g/mol. The van der Waals surface area contributed by atoms with Crippen molar-refractivity contribution in [1.82, 2.24) is 24.7 Å². The Hall–Kier alpha value is -2.47. The lowest BCUT2D eigenvalue weighted by atomic mass is 10.2. The molecule has 0 saturated carbocycles. The van der Waals surface area contributed by atoms with Crippen molar-refractivity contribution < 1.29 is 0 Å². The second-order valence-corrected chi connectivity index (χ2v) is 5.92. The van der Waals surface area contributed by atoms with E-state index in [2.05, 4.69) is 31.3 Å². The van der Waals surface area contributed by atoms with Crippen molar-refractivity contribution in [2.45, 2.75) is 18.1 Å². The highest BCUT2D eigenvalue weighted by Crippen LogP contribution is 2.24. The van der Waals surface area contributed by atoms with Crippen LogP contribution >= 0.6 is 11.8 Å². The van der Waals surface area contributed by atoms with Crippen LogP contribution in [0.4, 0.5) is 0 Å². The van der Waals surface area contributed by atoms with Crippen LogP contribution in [0.25, 0.3) is 11.4 Å². The van der Waals surface area contributed by atoms with Crippen LogP contribution < -0.4 is 0 Å². The highest BCUT2D eigenvalue weighted by atomic mass is 32.2. The molecule has 116 valence electrons. The minimum atomic E-state index is 0.677. The number of aromatic nitrogens is 5. The minimum Gasteiger partial charge on any atom is -0.298 e. The molecule has 0 aliphatic heterocycles. The van der Waals surface area contributed by atoms with E-state index >= 15 is 0 Å². The van der Waals surface area contributed by atoms with Gasteiger partial charge in [0.2, 0.25) is 0 Å². The first-order chi connectivity index (χ1) is 11.4. The molecule has 0 radical (unpaired) electrons. The molecule has 0 unspecified atom stereocenters. The molecule has 0 N–H and O–H groups in total. The summed E-state index contributed by atoms with van der Waals surface area (Å²) in [6.45, 7) is 4.51. The normalized spacial score (nSPS) is 10.6. The minimum absolute atomic E-state index is 0.677. The average Bonchev–Trinajstić information content (AvgIpc) is 3.00. The highest BCUT2D eigenvalue weighted by molar-refractivity contribution is 7.99. The summed E-state index contributed by atoms with van der Waals surface area (Å²) in [7, 11) is 0. The number of hydrogen-bond acceptors (Lipinski definition) is 5. The molecule has 0 aliphatic carbocycles. The molecular weight excluding hydrogens is 306 g/mol. The molecule has 23 heavy (non-hydrogen) atoms. The van der Waals surface area contributed by atoms with Gasteiger partial charge in [0.1, 0.15) is 0 Å². The molecule has 3 heterocycles. The first-order valence-electron chi connectivity index (χ1n) is 7.35. The number of nitrogens with zero attached hydrogens (tertiary/aromatic N) is 5. The van der Waals surface area contributed by atoms with Gasteiger partial charge in [-0.1, -0.05) is 23.9 Å². The van der Waals surface area contributed by atoms with Gasteiger partial charge >= 0.3 is 0 Å². The Balaban J connectivity index is 1.74. The van der Waals surface area contributed by atoms with Crippen molar-refractivity contribution in [3.63, 3.8) is 0 Å². The topological polar surface area (TPSA) is 56.5 Å². The van der Waals surface area contributed by atoms with Gasteiger partial charge < -0.3 is 0 Å². The van der Waals surface area contributed by atoms with Gasteiger partial charge in [-0.3, -0.25) is 14.5 Å². The molecule has 5 nitrogen and oxygen atoms in total. The van der Waals surface area contributed by atoms with Gasteiger partial charge in [-0.05, 0) is 30.7 Å². The molecule has 0 fully saturated rings. The van der Waals surface area contributed by atoms with E-state index in [1.807, 2.05) is 42.6 Å². The number of pyridine rings is 2. The van der Waals surface area contributed by atoms with Gasteiger partial charge in [0.15, 0.2) is 11.0 Å². The van der Waals surface area contributed by atoms with E-state index in [9.17, 15) is 0 Å². The van der Waals surface area contributed by atoms with E-state index < -0.39 is 0 Å². The van der Waals surface area contributed by atoms with Crippen LogP contribution in [0, 0.1) is 0 Å². The molecule has 0 aliphatic rings. The third-order valence-corrected chi connectivity index (χ3v) is 4.25.